The van der Waals surface area contributed by atoms with Gasteiger partial charge in [-0.2, -0.15) is 18.6 Å². The number of hydrogen-bond donors (Lipinski definition) is 3. The van der Waals surface area contributed by atoms with Gasteiger partial charge >= 0.3 is 0 Å². The third-order valence-corrected chi connectivity index (χ3v) is 4.96. The minimum atomic E-state index is -4.55. The highest BCUT2D eigenvalue weighted by atomic mass is 32.2. The molecule has 10 nitrogen and oxygen atoms in total. The maximum atomic E-state index is 12.5. The van der Waals surface area contributed by atoms with Crippen LogP contribution in [-0.4, -0.2) is 36.6 Å². The van der Waals surface area contributed by atoms with Gasteiger partial charge in [0.1, 0.15) is 10.6 Å². The molecule has 2 amide bonds. The van der Waals surface area contributed by atoms with E-state index >= 15 is 0 Å². The standard InChI is InChI=1S/C18H16N4O6S/c1-10(23)17(22-21-13-4-2-3-5-15(13)29(26,27)28)18(25)19-12-7-6-11-8-16(24)20-14(11)9-12/h2-7,9,17H,8H2,1H3,(H,19,25)(H,20,24)(H,26,27,28). The number of anilines is 2. The number of amides is 2. The molecule has 0 bridgehead atoms. The first-order valence-corrected chi connectivity index (χ1v) is 9.80. The fraction of sp³-hybridized carbons (Fsp3) is 0.167. The average molecular weight is 416 g/mol. The molecular weight excluding hydrogens is 400 g/mol. The molecule has 1 aliphatic heterocycles. The van der Waals surface area contributed by atoms with Gasteiger partial charge in [0.25, 0.3) is 16.0 Å². The minimum absolute atomic E-state index is 0.156. The fourth-order valence-electron chi connectivity index (χ4n) is 2.70. The molecule has 0 radical (unpaired) electrons. The Morgan fingerprint density at radius 3 is 2.62 bits per heavy atom. The molecule has 0 spiro atoms. The predicted molar refractivity (Wildman–Crippen MR) is 103 cm³/mol. The van der Waals surface area contributed by atoms with Gasteiger partial charge in [-0.15, -0.1) is 0 Å². The number of fused-ring (bicyclic) bond motifs is 1. The van der Waals surface area contributed by atoms with Crippen molar-refractivity contribution < 1.29 is 27.4 Å². The summed E-state index contributed by atoms with van der Waals surface area (Å²) >= 11 is 0. The molecule has 2 aromatic carbocycles. The first-order chi connectivity index (χ1) is 13.6. The number of carbonyl (C=O) groups is 3. The first kappa shape index (κ1) is 20.3. The summed E-state index contributed by atoms with van der Waals surface area (Å²) in [7, 11) is -4.55. The molecule has 1 heterocycles. The average Bonchev–Trinajstić information content (AvgIpc) is 3.00. The van der Waals surface area contributed by atoms with Gasteiger partial charge in [-0.1, -0.05) is 18.2 Å². The molecule has 0 aliphatic carbocycles. The molecule has 0 saturated heterocycles. The summed E-state index contributed by atoms with van der Waals surface area (Å²) in [5, 5.41) is 12.5. The van der Waals surface area contributed by atoms with Crippen LogP contribution in [0.5, 0.6) is 0 Å². The van der Waals surface area contributed by atoms with Crippen LogP contribution in [0.3, 0.4) is 0 Å². The highest BCUT2D eigenvalue weighted by molar-refractivity contribution is 7.86. The molecule has 1 atom stereocenters. The van der Waals surface area contributed by atoms with Crippen LogP contribution in [0.15, 0.2) is 57.6 Å². The van der Waals surface area contributed by atoms with E-state index in [1.807, 2.05) is 0 Å². The van der Waals surface area contributed by atoms with E-state index in [0.29, 0.717) is 11.4 Å². The number of nitrogens with one attached hydrogen (secondary N) is 2. The van der Waals surface area contributed by atoms with Crippen LogP contribution in [0, 0.1) is 0 Å². The lowest BCUT2D eigenvalue weighted by molar-refractivity contribution is -0.126. The lowest BCUT2D eigenvalue weighted by atomic mass is 10.1. The van der Waals surface area contributed by atoms with Crippen LogP contribution in [0.1, 0.15) is 12.5 Å². The van der Waals surface area contributed by atoms with Crippen molar-refractivity contribution in [3.8, 4) is 0 Å². The molecular formula is C18H16N4O6S. The zero-order valence-corrected chi connectivity index (χ0v) is 15.9. The summed E-state index contributed by atoms with van der Waals surface area (Å²) in [6, 6.07) is 8.51. The molecule has 1 aliphatic rings. The number of carbonyl (C=O) groups excluding carboxylic acids is 3. The SMILES string of the molecule is CC(=O)C(N=Nc1ccccc1S(=O)(=O)O)C(=O)Nc1ccc2c(c1)NC(=O)C2. The van der Waals surface area contributed by atoms with Crippen molar-refractivity contribution in [2.75, 3.05) is 10.6 Å². The van der Waals surface area contributed by atoms with Gasteiger partial charge in [0.2, 0.25) is 11.9 Å². The van der Waals surface area contributed by atoms with Crippen molar-refractivity contribution in [2.24, 2.45) is 10.2 Å². The van der Waals surface area contributed by atoms with Gasteiger partial charge in [0.15, 0.2) is 5.78 Å². The molecule has 3 rings (SSSR count). The smallest absolute Gasteiger partial charge is 0.296 e. The van der Waals surface area contributed by atoms with Gasteiger partial charge < -0.3 is 10.6 Å². The zero-order chi connectivity index (χ0) is 21.2. The van der Waals surface area contributed by atoms with Crippen LogP contribution in [-0.2, 0) is 30.9 Å². The Labute approximate surface area is 165 Å². The van der Waals surface area contributed by atoms with E-state index in [4.69, 9.17) is 0 Å². The number of rotatable bonds is 6. The van der Waals surface area contributed by atoms with Crippen LogP contribution in [0.25, 0.3) is 0 Å². The molecule has 0 aromatic heterocycles. The second-order valence-corrected chi connectivity index (χ2v) is 7.65. The van der Waals surface area contributed by atoms with Crippen molar-refractivity contribution in [1.29, 1.82) is 0 Å². The van der Waals surface area contributed by atoms with Gasteiger partial charge in [0, 0.05) is 11.4 Å². The summed E-state index contributed by atoms with van der Waals surface area (Å²) in [5.41, 5.74) is 1.48. The summed E-state index contributed by atoms with van der Waals surface area (Å²) in [4.78, 5) is 35.3. The van der Waals surface area contributed by atoms with E-state index in [9.17, 15) is 27.4 Å². The Bertz CT molecular complexity index is 1140. The zero-order valence-electron chi connectivity index (χ0n) is 15.1. The van der Waals surface area contributed by atoms with Crippen LogP contribution >= 0.6 is 0 Å². The van der Waals surface area contributed by atoms with Crippen LogP contribution in [0.2, 0.25) is 0 Å². The van der Waals surface area contributed by atoms with Crippen molar-refractivity contribution in [3.63, 3.8) is 0 Å². The summed E-state index contributed by atoms with van der Waals surface area (Å²) < 4.78 is 32.0. The highest BCUT2D eigenvalue weighted by Gasteiger charge is 2.25. The third-order valence-electron chi connectivity index (χ3n) is 4.06. The molecule has 150 valence electrons. The second-order valence-electron chi connectivity index (χ2n) is 6.26. The highest BCUT2D eigenvalue weighted by Crippen LogP contribution is 2.27. The maximum Gasteiger partial charge on any atom is 0.296 e. The number of nitrogens with zero attached hydrogens (tertiary/aromatic N) is 2. The van der Waals surface area contributed by atoms with Crippen LogP contribution < -0.4 is 10.6 Å². The lowest BCUT2D eigenvalue weighted by Gasteiger charge is -2.10. The van der Waals surface area contributed by atoms with Crippen LogP contribution in [0.4, 0.5) is 17.1 Å². The fourth-order valence-corrected chi connectivity index (χ4v) is 3.32. The summed E-state index contributed by atoms with van der Waals surface area (Å²) in [5.74, 6) is -1.56. The lowest BCUT2D eigenvalue weighted by Crippen LogP contribution is -2.31. The molecule has 11 heteroatoms. The number of hydrogen-bond acceptors (Lipinski definition) is 7. The monoisotopic (exact) mass is 416 g/mol. The van der Waals surface area contributed by atoms with Gasteiger partial charge in [0.05, 0.1) is 6.42 Å². The Balaban J connectivity index is 1.81. The Kier molecular flexibility index (Phi) is 5.52. The van der Waals surface area contributed by atoms with Gasteiger partial charge in [-0.25, -0.2) is 0 Å². The number of ketones is 1. The predicted octanol–water partition coefficient (Wildman–Crippen LogP) is 2.11. The molecule has 1 unspecified atom stereocenters. The molecule has 0 saturated carbocycles. The number of benzene rings is 2. The number of Topliss-reactive ketones (excluding diaryl/α,β-unsaturated/α-hetero) is 1. The Morgan fingerprint density at radius 2 is 1.93 bits per heavy atom. The van der Waals surface area contributed by atoms with Crippen molar-refractivity contribution in [3.05, 3.63) is 48.0 Å². The van der Waals surface area contributed by atoms with Gasteiger partial charge in [-0.05, 0) is 36.8 Å². The van der Waals surface area contributed by atoms with E-state index < -0.39 is 32.7 Å². The topological polar surface area (TPSA) is 154 Å². The normalized spacial score (nSPS) is 14.3. The molecule has 29 heavy (non-hydrogen) atoms. The van der Waals surface area contributed by atoms with E-state index in [1.165, 1.54) is 18.2 Å². The van der Waals surface area contributed by atoms with E-state index in [0.717, 1.165) is 18.6 Å². The maximum absolute atomic E-state index is 12.5. The third kappa shape index (κ3) is 4.70. The largest absolute Gasteiger partial charge is 0.325 e. The van der Waals surface area contributed by atoms with Crippen molar-refractivity contribution >= 4 is 44.8 Å². The molecule has 2 aromatic rings. The first-order valence-electron chi connectivity index (χ1n) is 8.36. The molecule has 3 N–H and O–H groups in total. The number of azo groups is 1. The van der Waals surface area contributed by atoms with Gasteiger partial charge in [-0.3, -0.25) is 18.9 Å². The molecule has 0 fully saturated rings. The summed E-state index contributed by atoms with van der Waals surface area (Å²) in [6.07, 6.45) is 0.251. The Hall–Kier alpha value is -3.44. The van der Waals surface area contributed by atoms with E-state index in [2.05, 4.69) is 20.9 Å². The quantitative estimate of drug-likeness (QED) is 0.372. The van der Waals surface area contributed by atoms with E-state index in [1.54, 1.807) is 18.2 Å². The van der Waals surface area contributed by atoms with Crippen molar-refractivity contribution in [2.45, 2.75) is 24.3 Å². The Morgan fingerprint density at radius 1 is 1.21 bits per heavy atom. The van der Waals surface area contributed by atoms with Crippen molar-refractivity contribution in [1.82, 2.24) is 0 Å². The minimum Gasteiger partial charge on any atom is -0.325 e. The second kappa shape index (κ2) is 7.89. The van der Waals surface area contributed by atoms with E-state index in [-0.39, 0.29) is 18.0 Å². The summed E-state index contributed by atoms with van der Waals surface area (Å²) in [6.45, 7) is 1.14.